The van der Waals surface area contributed by atoms with Crippen molar-refractivity contribution in [3.8, 4) is 11.5 Å². The first-order valence-electron chi connectivity index (χ1n) is 4.38. The summed E-state index contributed by atoms with van der Waals surface area (Å²) in [6.07, 6.45) is 0. The number of esters is 1. The van der Waals surface area contributed by atoms with Gasteiger partial charge in [-0.1, -0.05) is 6.07 Å². The second kappa shape index (κ2) is 4.09. The molecule has 1 aromatic carbocycles. The first kappa shape index (κ1) is 10.3. The van der Waals surface area contributed by atoms with E-state index in [4.69, 9.17) is 4.42 Å². The van der Waals surface area contributed by atoms with E-state index in [9.17, 15) is 9.18 Å². The predicted octanol–water partition coefficient (Wildman–Crippen LogP) is 1.66. The molecular weight excluding hydrogens is 215 g/mol. The van der Waals surface area contributed by atoms with Crippen LogP contribution >= 0.6 is 0 Å². The molecule has 2 aromatic rings. The Bertz CT molecular complexity index is 524. The van der Waals surface area contributed by atoms with Crippen molar-refractivity contribution in [1.82, 2.24) is 10.2 Å². The minimum Gasteiger partial charge on any atom is -0.462 e. The van der Waals surface area contributed by atoms with Crippen molar-refractivity contribution in [2.75, 3.05) is 7.11 Å². The summed E-state index contributed by atoms with van der Waals surface area (Å²) in [6.45, 7) is 0. The summed E-state index contributed by atoms with van der Waals surface area (Å²) in [4.78, 5) is 11.0. The number of halogens is 1. The quantitative estimate of drug-likeness (QED) is 0.723. The fraction of sp³-hybridized carbons (Fsp3) is 0.100. The number of methoxy groups -OCH3 is 1. The van der Waals surface area contributed by atoms with Crippen LogP contribution in [0.1, 0.15) is 10.7 Å². The molecule has 1 aromatic heterocycles. The van der Waals surface area contributed by atoms with Crippen LogP contribution in [0.2, 0.25) is 0 Å². The van der Waals surface area contributed by atoms with Gasteiger partial charge in [0.25, 0.3) is 0 Å². The van der Waals surface area contributed by atoms with E-state index < -0.39 is 11.8 Å². The van der Waals surface area contributed by atoms with E-state index in [0.717, 1.165) is 0 Å². The molecule has 0 atom stereocenters. The largest absolute Gasteiger partial charge is 0.462 e. The molecule has 2 rings (SSSR count). The Kier molecular flexibility index (Phi) is 2.63. The minimum absolute atomic E-state index is 0.0694. The smallest absolute Gasteiger partial charge is 0.396 e. The van der Waals surface area contributed by atoms with Gasteiger partial charge in [-0.3, -0.25) is 0 Å². The van der Waals surface area contributed by atoms with Gasteiger partial charge in [-0.05, 0) is 18.2 Å². The molecule has 0 unspecified atom stereocenters. The zero-order chi connectivity index (χ0) is 11.5. The number of hydrogen-bond donors (Lipinski definition) is 0. The summed E-state index contributed by atoms with van der Waals surface area (Å²) < 4.78 is 22.3. The molecule has 6 heteroatoms. The standard InChI is InChI=1S/C10H7FN2O3/c1-15-10(14)9-13-12-8(16-9)6-3-2-4-7(11)5-6/h2-5H,1H3. The molecule has 16 heavy (non-hydrogen) atoms. The lowest BCUT2D eigenvalue weighted by molar-refractivity contribution is 0.0556. The number of rotatable bonds is 2. The van der Waals surface area contributed by atoms with E-state index in [1.54, 1.807) is 6.07 Å². The van der Waals surface area contributed by atoms with Crippen LogP contribution in [-0.2, 0) is 4.74 Å². The summed E-state index contributed by atoms with van der Waals surface area (Å²) in [5, 5.41) is 7.09. The highest BCUT2D eigenvalue weighted by molar-refractivity contribution is 5.84. The molecular formula is C10H7FN2O3. The lowest BCUT2D eigenvalue weighted by Crippen LogP contribution is -2.00. The Hall–Kier alpha value is -2.24. The van der Waals surface area contributed by atoms with Gasteiger partial charge in [-0.25, -0.2) is 9.18 Å². The van der Waals surface area contributed by atoms with Gasteiger partial charge in [0.2, 0.25) is 5.89 Å². The maximum absolute atomic E-state index is 12.9. The second-order valence-electron chi connectivity index (χ2n) is 2.91. The van der Waals surface area contributed by atoms with Gasteiger partial charge >= 0.3 is 11.9 Å². The Labute approximate surface area is 89.9 Å². The van der Waals surface area contributed by atoms with Crippen molar-refractivity contribution in [3.63, 3.8) is 0 Å². The minimum atomic E-state index is -0.727. The lowest BCUT2D eigenvalue weighted by Gasteiger charge is -1.93. The van der Waals surface area contributed by atoms with Gasteiger partial charge in [0.1, 0.15) is 5.82 Å². The van der Waals surface area contributed by atoms with E-state index >= 15 is 0 Å². The highest BCUT2D eigenvalue weighted by atomic mass is 19.1. The van der Waals surface area contributed by atoms with E-state index in [0.29, 0.717) is 5.56 Å². The molecule has 0 amide bonds. The Balaban J connectivity index is 2.35. The normalized spacial score (nSPS) is 10.1. The zero-order valence-corrected chi connectivity index (χ0v) is 8.31. The molecule has 5 nitrogen and oxygen atoms in total. The number of aromatic nitrogens is 2. The third-order valence-electron chi connectivity index (χ3n) is 1.86. The van der Waals surface area contributed by atoms with Crippen LogP contribution in [0, 0.1) is 5.82 Å². The van der Waals surface area contributed by atoms with Gasteiger partial charge in [-0.15, -0.1) is 10.2 Å². The fourth-order valence-electron chi connectivity index (χ4n) is 1.13. The molecule has 0 aliphatic heterocycles. The van der Waals surface area contributed by atoms with E-state index in [2.05, 4.69) is 14.9 Å². The van der Waals surface area contributed by atoms with Crippen molar-refractivity contribution in [2.24, 2.45) is 0 Å². The number of hydrogen-bond acceptors (Lipinski definition) is 5. The molecule has 0 aliphatic rings. The highest BCUT2D eigenvalue weighted by Gasteiger charge is 2.16. The average Bonchev–Trinajstić information content (AvgIpc) is 2.77. The molecule has 0 radical (unpaired) electrons. The molecule has 1 heterocycles. The lowest BCUT2D eigenvalue weighted by atomic mass is 10.2. The Morgan fingerprint density at radius 1 is 1.44 bits per heavy atom. The van der Waals surface area contributed by atoms with Gasteiger partial charge in [0, 0.05) is 5.56 Å². The molecule has 0 fully saturated rings. The van der Waals surface area contributed by atoms with E-state index in [1.165, 1.54) is 25.3 Å². The fourth-order valence-corrected chi connectivity index (χ4v) is 1.13. The summed E-state index contributed by atoms with van der Waals surface area (Å²) in [6, 6.07) is 5.62. The molecule has 0 saturated heterocycles. The summed E-state index contributed by atoms with van der Waals surface area (Å²) in [5.41, 5.74) is 0.405. The number of benzene rings is 1. The van der Waals surface area contributed by atoms with Gasteiger partial charge in [0.15, 0.2) is 0 Å². The molecule has 0 spiro atoms. The zero-order valence-electron chi connectivity index (χ0n) is 8.31. The predicted molar refractivity (Wildman–Crippen MR) is 51.0 cm³/mol. The summed E-state index contributed by atoms with van der Waals surface area (Å²) >= 11 is 0. The van der Waals surface area contributed by atoms with Crippen molar-refractivity contribution in [3.05, 3.63) is 36.0 Å². The van der Waals surface area contributed by atoms with Crippen LogP contribution < -0.4 is 0 Å². The van der Waals surface area contributed by atoms with Crippen molar-refractivity contribution in [2.45, 2.75) is 0 Å². The van der Waals surface area contributed by atoms with Gasteiger partial charge in [0.05, 0.1) is 7.11 Å². The average molecular weight is 222 g/mol. The van der Waals surface area contributed by atoms with Gasteiger partial charge < -0.3 is 9.15 Å². The number of carbonyl (C=O) groups excluding carboxylic acids is 1. The topological polar surface area (TPSA) is 65.2 Å². The van der Waals surface area contributed by atoms with Crippen LogP contribution in [0.25, 0.3) is 11.5 Å². The van der Waals surface area contributed by atoms with Gasteiger partial charge in [-0.2, -0.15) is 0 Å². The van der Waals surface area contributed by atoms with Crippen molar-refractivity contribution in [1.29, 1.82) is 0 Å². The number of ether oxygens (including phenoxy) is 1. The molecule has 0 aliphatic carbocycles. The van der Waals surface area contributed by atoms with E-state index in [-0.39, 0.29) is 11.8 Å². The van der Waals surface area contributed by atoms with E-state index in [1.807, 2.05) is 0 Å². The summed E-state index contributed by atoms with van der Waals surface area (Å²) in [7, 11) is 1.20. The SMILES string of the molecule is COC(=O)c1nnc(-c2cccc(F)c2)o1. The van der Waals surface area contributed by atoms with Crippen molar-refractivity contribution < 1.29 is 18.3 Å². The van der Waals surface area contributed by atoms with Crippen molar-refractivity contribution >= 4 is 5.97 Å². The van der Waals surface area contributed by atoms with Crippen LogP contribution in [-0.4, -0.2) is 23.3 Å². The number of nitrogens with zero attached hydrogens (tertiary/aromatic N) is 2. The molecule has 0 bridgehead atoms. The maximum atomic E-state index is 12.9. The first-order valence-corrected chi connectivity index (χ1v) is 4.38. The molecule has 82 valence electrons. The third kappa shape index (κ3) is 1.90. The van der Waals surface area contributed by atoms with Crippen LogP contribution in [0.3, 0.4) is 0 Å². The number of carbonyl (C=O) groups is 1. The summed E-state index contributed by atoms with van der Waals surface area (Å²) in [5.74, 6) is -1.34. The Morgan fingerprint density at radius 3 is 2.94 bits per heavy atom. The Morgan fingerprint density at radius 2 is 2.25 bits per heavy atom. The second-order valence-corrected chi connectivity index (χ2v) is 2.91. The van der Waals surface area contributed by atoms with Crippen LogP contribution in [0.4, 0.5) is 4.39 Å². The first-order chi connectivity index (χ1) is 7.70. The third-order valence-corrected chi connectivity index (χ3v) is 1.86. The highest BCUT2D eigenvalue weighted by Crippen LogP contribution is 2.18. The monoisotopic (exact) mass is 222 g/mol. The maximum Gasteiger partial charge on any atom is 0.396 e. The van der Waals surface area contributed by atoms with Crippen LogP contribution in [0.5, 0.6) is 0 Å². The van der Waals surface area contributed by atoms with Crippen LogP contribution in [0.15, 0.2) is 28.7 Å². The molecule has 0 N–H and O–H groups in total. The molecule has 0 saturated carbocycles.